The van der Waals surface area contributed by atoms with Crippen molar-refractivity contribution in [3.8, 4) is 68.6 Å². The molecule has 19 heteroatoms. The lowest BCUT2D eigenvalue weighted by Gasteiger charge is -2.22. The fourth-order valence-electron chi connectivity index (χ4n) is 6.39. The van der Waals surface area contributed by atoms with Gasteiger partial charge in [-0.1, -0.05) is 46.8 Å². The van der Waals surface area contributed by atoms with Gasteiger partial charge in [-0.05, 0) is 97.9 Å². The van der Waals surface area contributed by atoms with Gasteiger partial charge in [0.1, 0.15) is 75.5 Å². The van der Waals surface area contributed by atoms with Crippen LogP contribution < -0.4 is 24.4 Å². The van der Waals surface area contributed by atoms with Crippen LogP contribution in [0.3, 0.4) is 0 Å². The van der Waals surface area contributed by atoms with Gasteiger partial charge < -0.3 is 23.7 Å². The molecule has 65 heavy (non-hydrogen) atoms. The van der Waals surface area contributed by atoms with Crippen LogP contribution >= 0.6 is 11.8 Å². The fraction of sp³-hybridized carbons (Fsp3) is 0.109. The van der Waals surface area contributed by atoms with Crippen LogP contribution in [0, 0.1) is 11.6 Å². The number of aromatic nitrogens is 8. The number of methoxy groups -OCH3 is 2. The number of nitrogens with zero attached hydrogens (tertiary/aromatic N) is 10. The van der Waals surface area contributed by atoms with Crippen LogP contribution in [0.25, 0.3) is 45.3 Å². The second-order valence-corrected chi connectivity index (χ2v) is 13.9. The van der Waals surface area contributed by atoms with Crippen molar-refractivity contribution in [1.82, 2.24) is 50.0 Å². The molecule has 5 aromatic carbocycles. The highest BCUT2D eigenvalue weighted by atomic mass is 35.5. The SMILES string of the molecule is CCOCn1nnc(-c2ccc(F)cc2)c1C1=CC(Oc2ccccc2)=NN(Cl)N1.COc1ccc(-n2nnc(-c3ccnc(Oc4ccccc4)n3)c2-c2ccc(F)cc2)c(OC)c1. The van der Waals surface area contributed by atoms with E-state index in [2.05, 4.69) is 41.1 Å². The van der Waals surface area contributed by atoms with Crippen molar-refractivity contribution in [2.45, 2.75) is 13.7 Å². The Morgan fingerprint density at radius 3 is 2.00 bits per heavy atom. The highest BCUT2D eigenvalue weighted by molar-refractivity contribution is 6.14. The summed E-state index contributed by atoms with van der Waals surface area (Å²) in [6.45, 7) is 2.56. The molecule has 8 aromatic rings. The highest BCUT2D eigenvalue weighted by Gasteiger charge is 2.25. The van der Waals surface area contributed by atoms with Crippen molar-refractivity contribution >= 4 is 23.4 Å². The average molecular weight is 898 g/mol. The van der Waals surface area contributed by atoms with E-state index in [1.165, 1.54) is 24.3 Å². The largest absolute Gasteiger partial charge is 0.497 e. The first kappa shape index (κ1) is 43.4. The third-order valence-corrected chi connectivity index (χ3v) is 9.55. The van der Waals surface area contributed by atoms with Crippen LogP contribution in [-0.2, 0) is 11.5 Å². The van der Waals surface area contributed by atoms with Crippen molar-refractivity contribution in [1.29, 1.82) is 0 Å². The molecule has 0 saturated heterocycles. The van der Waals surface area contributed by atoms with Gasteiger partial charge in [0.25, 0.3) is 0 Å². The summed E-state index contributed by atoms with van der Waals surface area (Å²) in [7, 11) is 3.14. The molecule has 0 saturated carbocycles. The molecule has 0 spiro atoms. The first-order valence-corrected chi connectivity index (χ1v) is 20.2. The van der Waals surface area contributed by atoms with Crippen molar-refractivity contribution in [3.63, 3.8) is 0 Å². The van der Waals surface area contributed by atoms with E-state index in [4.69, 9.17) is 35.5 Å². The van der Waals surface area contributed by atoms with E-state index in [0.717, 1.165) is 4.64 Å². The van der Waals surface area contributed by atoms with Crippen LogP contribution in [0.5, 0.6) is 29.0 Å². The molecule has 0 bridgehead atoms. The van der Waals surface area contributed by atoms with Crippen molar-refractivity contribution in [3.05, 3.63) is 163 Å². The van der Waals surface area contributed by atoms with E-state index in [-0.39, 0.29) is 30.3 Å². The maximum Gasteiger partial charge on any atom is 0.322 e. The molecule has 328 valence electrons. The monoisotopic (exact) mass is 897 g/mol. The predicted octanol–water partition coefficient (Wildman–Crippen LogP) is 9.13. The molecular weight excluding hydrogens is 860 g/mol. The summed E-state index contributed by atoms with van der Waals surface area (Å²) < 4.78 is 59.4. The van der Waals surface area contributed by atoms with Crippen molar-refractivity contribution in [2.75, 3.05) is 20.8 Å². The molecule has 1 N–H and O–H groups in total. The first-order chi connectivity index (χ1) is 31.8. The number of benzene rings is 5. The second-order valence-electron chi connectivity index (χ2n) is 13.6. The Morgan fingerprint density at radius 1 is 0.677 bits per heavy atom. The van der Waals surface area contributed by atoms with Crippen LogP contribution in [0.2, 0.25) is 0 Å². The number of hydrazone groups is 1. The minimum atomic E-state index is -0.350. The third-order valence-electron chi connectivity index (χ3n) is 9.39. The number of hydrazine groups is 1. The average Bonchev–Trinajstić information content (AvgIpc) is 3.97. The summed E-state index contributed by atoms with van der Waals surface area (Å²) in [5.41, 5.74) is 8.14. The molecule has 0 amide bonds. The van der Waals surface area contributed by atoms with Gasteiger partial charge in [0, 0.05) is 36.1 Å². The van der Waals surface area contributed by atoms with Gasteiger partial charge in [0.2, 0.25) is 5.90 Å². The van der Waals surface area contributed by atoms with E-state index in [9.17, 15) is 8.78 Å². The molecule has 0 unspecified atom stereocenters. The van der Waals surface area contributed by atoms with Crippen LogP contribution in [0.1, 0.15) is 12.6 Å². The summed E-state index contributed by atoms with van der Waals surface area (Å²) >= 11 is 6.15. The predicted molar refractivity (Wildman–Crippen MR) is 238 cm³/mol. The van der Waals surface area contributed by atoms with Crippen LogP contribution in [-0.4, -0.2) is 71.3 Å². The van der Waals surface area contributed by atoms with Gasteiger partial charge >= 0.3 is 6.01 Å². The topological polar surface area (TPSA) is 161 Å². The molecule has 9 rings (SSSR count). The number of hydrogen-bond donors (Lipinski definition) is 1. The van der Waals surface area contributed by atoms with Gasteiger partial charge in [-0.3, -0.25) is 5.43 Å². The van der Waals surface area contributed by atoms with Gasteiger partial charge in [0.05, 0.1) is 31.7 Å². The maximum absolute atomic E-state index is 13.7. The zero-order valence-corrected chi connectivity index (χ0v) is 35.7. The van der Waals surface area contributed by atoms with E-state index >= 15 is 0 Å². The van der Waals surface area contributed by atoms with Gasteiger partial charge in [-0.2, -0.15) is 4.98 Å². The van der Waals surface area contributed by atoms with Crippen LogP contribution in [0.15, 0.2) is 151 Å². The van der Waals surface area contributed by atoms with Gasteiger partial charge in [-0.15, -0.1) is 19.9 Å². The standard InChI is InChI=1S/C26H20FN5O3.C20H18ClFN6O2/c1-33-20-12-13-22(23(16-20)34-2)32-25(17-8-10-18(27)11-9-17)24(30-31-32)21-14-15-28-26(29-21)35-19-6-4-3-5-7-19;1-2-29-13-27-20(19(23-26-27)14-8-10-15(22)11-9-14)17-12-18(25-28(21)24-17)30-16-6-4-3-5-7-16/h3-16H,1-2H3;3-12,24H,2,13H2,1H3. The molecule has 3 aromatic heterocycles. The smallest absolute Gasteiger partial charge is 0.322 e. The number of rotatable bonds is 13. The number of para-hydroxylation sites is 2. The number of ether oxygens (including phenoxy) is 5. The summed E-state index contributed by atoms with van der Waals surface area (Å²) in [5.74, 6) is 1.95. The summed E-state index contributed by atoms with van der Waals surface area (Å²) in [5, 5.41) is 21.4. The lowest BCUT2D eigenvalue weighted by atomic mass is 10.1. The summed E-state index contributed by atoms with van der Waals surface area (Å²) in [6, 6.07) is 37.8. The quantitative estimate of drug-likeness (QED) is 0.109. The molecule has 16 nitrogen and oxygen atoms in total. The number of nitrogens with one attached hydrogen (secondary N) is 1. The second kappa shape index (κ2) is 20.3. The van der Waals surface area contributed by atoms with E-state index in [1.807, 2.05) is 73.7 Å². The first-order valence-electron chi connectivity index (χ1n) is 19.8. The Labute approximate surface area is 376 Å². The fourth-order valence-corrected chi connectivity index (χ4v) is 6.56. The molecule has 0 radical (unpaired) electrons. The Kier molecular flexibility index (Phi) is 13.6. The highest BCUT2D eigenvalue weighted by Crippen LogP contribution is 2.36. The molecule has 0 aliphatic carbocycles. The lowest BCUT2D eigenvalue weighted by Crippen LogP contribution is -2.32. The number of halogens is 3. The Hall–Kier alpha value is -8.22. The zero-order chi connectivity index (χ0) is 45.1. The molecule has 1 aliphatic rings. The molecule has 0 atom stereocenters. The molecule has 1 aliphatic heterocycles. The zero-order valence-electron chi connectivity index (χ0n) is 34.9. The maximum atomic E-state index is 13.7. The molecule has 0 fully saturated rings. The number of hydrogen-bond acceptors (Lipinski definition) is 14. The minimum Gasteiger partial charge on any atom is -0.497 e. The Bertz CT molecular complexity index is 2920. The van der Waals surface area contributed by atoms with Crippen molar-refractivity contribution in [2.24, 2.45) is 5.10 Å². The summed E-state index contributed by atoms with van der Waals surface area (Å²) in [4.78, 5) is 8.76. The normalized spacial score (nSPS) is 12.0. The molecular formula is C46H38ClF2N11O5. The van der Waals surface area contributed by atoms with E-state index in [0.29, 0.717) is 80.6 Å². The lowest BCUT2D eigenvalue weighted by molar-refractivity contribution is 0.0770. The Balaban J connectivity index is 0.000000179. The van der Waals surface area contributed by atoms with E-state index in [1.54, 1.807) is 78.3 Å². The molecule has 4 heterocycles. The third kappa shape index (κ3) is 10.4. The minimum absolute atomic E-state index is 0.162. The van der Waals surface area contributed by atoms with Crippen LogP contribution in [0.4, 0.5) is 8.78 Å². The van der Waals surface area contributed by atoms with Gasteiger partial charge in [-0.25, -0.2) is 23.1 Å². The van der Waals surface area contributed by atoms with Gasteiger partial charge in [0.15, 0.2) is 0 Å². The van der Waals surface area contributed by atoms with Crippen molar-refractivity contribution < 1.29 is 32.5 Å². The Morgan fingerprint density at radius 2 is 1.34 bits per heavy atom. The van der Waals surface area contributed by atoms with E-state index < -0.39 is 0 Å². The summed E-state index contributed by atoms with van der Waals surface area (Å²) in [6.07, 6.45) is 3.27.